The number of phenolic OH excluding ortho intramolecular Hbond substituents is 1. The van der Waals surface area contributed by atoms with Gasteiger partial charge in [0.15, 0.2) is 5.69 Å². The van der Waals surface area contributed by atoms with Crippen LogP contribution in [0.1, 0.15) is 12.0 Å². The van der Waals surface area contributed by atoms with E-state index in [9.17, 15) is 15.2 Å². The van der Waals surface area contributed by atoms with E-state index in [1.54, 1.807) is 24.3 Å². The Morgan fingerprint density at radius 1 is 1.09 bits per heavy atom. The fourth-order valence-corrected chi connectivity index (χ4v) is 1.90. The minimum Gasteiger partial charge on any atom is -0.506 e. The first-order chi connectivity index (χ1) is 10.6. The molecule has 0 spiro atoms. The van der Waals surface area contributed by atoms with Gasteiger partial charge in [-0.2, -0.15) is 0 Å². The van der Waals surface area contributed by atoms with E-state index >= 15 is 0 Å². The number of nitro groups is 1. The van der Waals surface area contributed by atoms with E-state index in [1.807, 2.05) is 0 Å². The van der Waals surface area contributed by atoms with Gasteiger partial charge in [-0.3, -0.25) is 10.1 Å². The summed E-state index contributed by atoms with van der Waals surface area (Å²) in [5.41, 5.74) is 1.09. The largest absolute Gasteiger partial charge is 0.506 e. The molecule has 0 fully saturated rings. The van der Waals surface area contributed by atoms with Crippen LogP contribution in [-0.4, -0.2) is 21.7 Å². The third kappa shape index (κ3) is 3.86. The number of hydrogen-bond donors (Lipinski definition) is 2. The van der Waals surface area contributed by atoms with Gasteiger partial charge in [-0.25, -0.2) is 0 Å². The molecule has 2 rings (SSSR count). The zero-order chi connectivity index (χ0) is 15.9. The number of nitro benzene ring substituents is 1. The van der Waals surface area contributed by atoms with E-state index in [4.69, 9.17) is 5.11 Å². The summed E-state index contributed by atoms with van der Waals surface area (Å²) in [5, 5.41) is 37.3. The molecule has 114 valence electrons. The summed E-state index contributed by atoms with van der Waals surface area (Å²) in [7, 11) is 0. The standard InChI is InChI=1S/C15H15N3O4/c19-9-3-4-11-7-8-15(20)13(10-11)17-16-12-5-1-2-6-14(12)18(21)22/h1-2,5-8,10,19-20H,3-4,9H2. The summed E-state index contributed by atoms with van der Waals surface area (Å²) >= 11 is 0. The van der Waals surface area contributed by atoms with E-state index in [2.05, 4.69) is 10.2 Å². The average molecular weight is 301 g/mol. The average Bonchev–Trinajstić information content (AvgIpc) is 2.53. The SMILES string of the molecule is O=[N+]([O-])c1ccccc1N=Nc1cc(CCCO)ccc1O. The van der Waals surface area contributed by atoms with Gasteiger partial charge in [-0.1, -0.05) is 18.2 Å². The highest BCUT2D eigenvalue weighted by atomic mass is 16.6. The van der Waals surface area contributed by atoms with Crippen molar-refractivity contribution < 1.29 is 15.1 Å². The van der Waals surface area contributed by atoms with Gasteiger partial charge < -0.3 is 10.2 Å². The lowest BCUT2D eigenvalue weighted by Crippen LogP contribution is -1.89. The molecule has 22 heavy (non-hydrogen) atoms. The van der Waals surface area contributed by atoms with Crippen LogP contribution in [0, 0.1) is 10.1 Å². The Bertz CT molecular complexity index is 701. The monoisotopic (exact) mass is 301 g/mol. The number of hydrogen-bond acceptors (Lipinski definition) is 6. The maximum Gasteiger partial charge on any atom is 0.296 e. The van der Waals surface area contributed by atoms with Crippen LogP contribution in [0.5, 0.6) is 5.75 Å². The zero-order valence-electron chi connectivity index (χ0n) is 11.7. The van der Waals surface area contributed by atoms with Crippen LogP contribution in [0.15, 0.2) is 52.7 Å². The smallest absolute Gasteiger partial charge is 0.296 e. The third-order valence-electron chi connectivity index (χ3n) is 3.01. The number of aliphatic hydroxyl groups is 1. The van der Waals surface area contributed by atoms with Crippen LogP contribution in [-0.2, 0) is 6.42 Å². The van der Waals surface area contributed by atoms with Crippen LogP contribution in [0.4, 0.5) is 17.1 Å². The second-order valence-corrected chi connectivity index (χ2v) is 4.60. The third-order valence-corrected chi connectivity index (χ3v) is 3.01. The van der Waals surface area contributed by atoms with Crippen molar-refractivity contribution in [2.75, 3.05) is 6.61 Å². The predicted molar refractivity (Wildman–Crippen MR) is 80.8 cm³/mol. The number of phenols is 1. The molecule has 0 heterocycles. The van der Waals surface area contributed by atoms with Crippen molar-refractivity contribution in [3.8, 4) is 5.75 Å². The van der Waals surface area contributed by atoms with E-state index in [1.165, 1.54) is 18.2 Å². The van der Waals surface area contributed by atoms with E-state index < -0.39 is 4.92 Å². The number of nitrogens with zero attached hydrogens (tertiary/aromatic N) is 3. The van der Waals surface area contributed by atoms with Crippen LogP contribution in [0.2, 0.25) is 0 Å². The molecule has 0 aliphatic heterocycles. The first kappa shape index (κ1) is 15.6. The molecule has 2 N–H and O–H groups in total. The minimum absolute atomic E-state index is 0.0601. The summed E-state index contributed by atoms with van der Waals surface area (Å²) in [4.78, 5) is 10.4. The fraction of sp³-hybridized carbons (Fsp3) is 0.200. The highest BCUT2D eigenvalue weighted by Crippen LogP contribution is 2.32. The van der Waals surface area contributed by atoms with Gasteiger partial charge in [0, 0.05) is 12.7 Å². The second-order valence-electron chi connectivity index (χ2n) is 4.60. The molecule has 0 aliphatic carbocycles. The Hall–Kier alpha value is -2.80. The van der Waals surface area contributed by atoms with Gasteiger partial charge in [0.25, 0.3) is 5.69 Å². The number of aryl methyl sites for hydroxylation is 1. The summed E-state index contributed by atoms with van der Waals surface area (Å²) in [6.45, 7) is 0.0773. The summed E-state index contributed by atoms with van der Waals surface area (Å²) in [6.07, 6.45) is 1.25. The Morgan fingerprint density at radius 2 is 1.82 bits per heavy atom. The molecular weight excluding hydrogens is 286 g/mol. The quantitative estimate of drug-likeness (QED) is 0.482. The van der Waals surface area contributed by atoms with Crippen molar-refractivity contribution in [1.29, 1.82) is 0 Å². The summed E-state index contributed by atoms with van der Waals surface area (Å²) in [6, 6.07) is 10.8. The number of rotatable bonds is 6. The Labute approximate surface area is 126 Å². The molecule has 0 bridgehead atoms. The maximum absolute atomic E-state index is 10.9. The van der Waals surface area contributed by atoms with Crippen molar-refractivity contribution in [3.63, 3.8) is 0 Å². The maximum atomic E-state index is 10.9. The number of azo groups is 1. The number of benzene rings is 2. The highest BCUT2D eigenvalue weighted by Gasteiger charge is 2.12. The molecule has 2 aromatic rings. The lowest BCUT2D eigenvalue weighted by Gasteiger charge is -2.03. The van der Waals surface area contributed by atoms with Crippen LogP contribution in [0.3, 0.4) is 0 Å². The Kier molecular flexibility index (Phi) is 5.16. The summed E-state index contributed by atoms with van der Waals surface area (Å²) < 4.78 is 0. The molecule has 0 aliphatic rings. The first-order valence-electron chi connectivity index (χ1n) is 6.69. The van der Waals surface area contributed by atoms with Crippen LogP contribution >= 0.6 is 0 Å². The van der Waals surface area contributed by atoms with Gasteiger partial charge in [0.1, 0.15) is 11.4 Å². The lowest BCUT2D eigenvalue weighted by molar-refractivity contribution is -0.384. The molecule has 2 aromatic carbocycles. The molecule has 0 aromatic heterocycles. The number of aromatic hydroxyl groups is 1. The van der Waals surface area contributed by atoms with Gasteiger partial charge in [-0.05, 0) is 36.6 Å². The van der Waals surface area contributed by atoms with Gasteiger partial charge >= 0.3 is 0 Å². The van der Waals surface area contributed by atoms with Crippen LogP contribution < -0.4 is 0 Å². The van der Waals surface area contributed by atoms with E-state index in [0.29, 0.717) is 12.8 Å². The molecule has 0 atom stereocenters. The molecule has 0 saturated carbocycles. The van der Waals surface area contributed by atoms with Crippen molar-refractivity contribution in [3.05, 3.63) is 58.1 Å². The molecule has 7 heteroatoms. The molecule has 0 saturated heterocycles. The Morgan fingerprint density at radius 3 is 2.55 bits per heavy atom. The van der Waals surface area contributed by atoms with Gasteiger partial charge in [0.2, 0.25) is 0 Å². The molecule has 0 amide bonds. The fourth-order valence-electron chi connectivity index (χ4n) is 1.90. The highest BCUT2D eigenvalue weighted by molar-refractivity contribution is 5.58. The molecular formula is C15H15N3O4. The van der Waals surface area contributed by atoms with Crippen molar-refractivity contribution >= 4 is 17.1 Å². The van der Waals surface area contributed by atoms with Crippen molar-refractivity contribution in [2.24, 2.45) is 10.2 Å². The lowest BCUT2D eigenvalue weighted by atomic mass is 10.1. The van der Waals surface area contributed by atoms with Crippen molar-refractivity contribution in [2.45, 2.75) is 12.8 Å². The van der Waals surface area contributed by atoms with Gasteiger partial charge in [-0.15, -0.1) is 10.2 Å². The first-order valence-corrected chi connectivity index (χ1v) is 6.69. The topological polar surface area (TPSA) is 108 Å². The number of aliphatic hydroxyl groups excluding tert-OH is 1. The second kappa shape index (κ2) is 7.28. The summed E-state index contributed by atoms with van der Waals surface area (Å²) in [5.74, 6) is -0.0601. The molecule has 7 nitrogen and oxygen atoms in total. The van der Waals surface area contributed by atoms with E-state index in [-0.39, 0.29) is 29.4 Å². The van der Waals surface area contributed by atoms with E-state index in [0.717, 1.165) is 5.56 Å². The van der Waals surface area contributed by atoms with Crippen molar-refractivity contribution in [1.82, 2.24) is 0 Å². The predicted octanol–water partition coefficient (Wildman–Crippen LogP) is 3.64. The normalized spacial score (nSPS) is 11.0. The molecule has 0 radical (unpaired) electrons. The zero-order valence-corrected chi connectivity index (χ0v) is 11.7. The van der Waals surface area contributed by atoms with Crippen LogP contribution in [0.25, 0.3) is 0 Å². The number of para-hydroxylation sites is 1. The van der Waals surface area contributed by atoms with Gasteiger partial charge in [0.05, 0.1) is 4.92 Å². The minimum atomic E-state index is -0.536. The molecule has 0 unspecified atom stereocenters. The Balaban J connectivity index is 2.28.